The molecule has 112 valence electrons. The summed E-state index contributed by atoms with van der Waals surface area (Å²) in [6, 6.07) is 2.27. The monoisotopic (exact) mass is 312 g/mol. The molecule has 1 aromatic rings. The maximum Gasteiger partial charge on any atom is 0.191 e. The normalized spacial score (nSPS) is 16.0. The molecule has 1 aliphatic rings. The van der Waals surface area contributed by atoms with E-state index in [-0.39, 0.29) is 0 Å². The summed E-state index contributed by atoms with van der Waals surface area (Å²) in [5.74, 6) is 2.01. The number of hydrogen-bond acceptors (Lipinski definition) is 4. The first-order valence-electron chi connectivity index (χ1n) is 7.04. The molecule has 0 radical (unpaired) electrons. The zero-order valence-electron chi connectivity index (χ0n) is 12.3. The van der Waals surface area contributed by atoms with E-state index in [2.05, 4.69) is 38.2 Å². The molecule has 0 aromatic carbocycles. The lowest BCUT2D eigenvalue weighted by Gasteiger charge is -2.27. The molecule has 0 fully saturated rings. The van der Waals surface area contributed by atoms with Crippen LogP contribution in [0.5, 0.6) is 0 Å². The first-order valence-corrected chi connectivity index (χ1v) is 9.32. The Labute approximate surface area is 130 Å². The highest BCUT2D eigenvalue weighted by Crippen LogP contribution is 2.23. The molecular weight excluding hydrogens is 288 g/mol. The molecule has 0 atom stereocenters. The van der Waals surface area contributed by atoms with E-state index in [9.17, 15) is 0 Å². The van der Waals surface area contributed by atoms with Crippen LogP contribution in [-0.4, -0.2) is 56.1 Å². The molecule has 1 aromatic heterocycles. The lowest BCUT2D eigenvalue weighted by Crippen LogP contribution is -2.43. The van der Waals surface area contributed by atoms with Crippen molar-refractivity contribution in [2.24, 2.45) is 4.99 Å². The topological polar surface area (TPSA) is 39.7 Å². The van der Waals surface area contributed by atoms with Crippen LogP contribution in [0.1, 0.15) is 10.4 Å². The van der Waals surface area contributed by atoms with Crippen molar-refractivity contribution < 1.29 is 0 Å². The minimum absolute atomic E-state index is 0.910. The van der Waals surface area contributed by atoms with Gasteiger partial charge >= 0.3 is 0 Å². The van der Waals surface area contributed by atoms with E-state index in [4.69, 9.17) is 0 Å². The van der Waals surface area contributed by atoms with Crippen molar-refractivity contribution in [2.75, 3.05) is 45.2 Å². The number of rotatable bonds is 6. The van der Waals surface area contributed by atoms with Crippen LogP contribution in [-0.2, 0) is 13.0 Å². The van der Waals surface area contributed by atoms with Crippen molar-refractivity contribution in [3.63, 3.8) is 0 Å². The lowest BCUT2D eigenvalue weighted by molar-refractivity contribution is 0.260. The van der Waals surface area contributed by atoms with E-state index in [1.54, 1.807) is 4.88 Å². The van der Waals surface area contributed by atoms with Crippen molar-refractivity contribution in [2.45, 2.75) is 13.0 Å². The fourth-order valence-electron chi connectivity index (χ4n) is 2.32. The first kappa shape index (κ1) is 15.7. The number of fused-ring (bicyclic) bond motifs is 1. The second-order valence-corrected chi connectivity index (χ2v) is 6.80. The summed E-state index contributed by atoms with van der Waals surface area (Å²) in [4.78, 5) is 8.32. The van der Waals surface area contributed by atoms with Crippen molar-refractivity contribution in [1.82, 2.24) is 15.5 Å². The fraction of sp³-hybridized carbons (Fsp3) is 0.643. The number of hydrogen-bond donors (Lipinski definition) is 2. The molecule has 2 heterocycles. The smallest absolute Gasteiger partial charge is 0.191 e. The second kappa shape index (κ2) is 8.54. The van der Waals surface area contributed by atoms with Crippen LogP contribution < -0.4 is 10.6 Å². The van der Waals surface area contributed by atoms with Gasteiger partial charge in [0.2, 0.25) is 0 Å². The molecule has 0 amide bonds. The minimum atomic E-state index is 0.910. The van der Waals surface area contributed by atoms with Gasteiger partial charge in [-0.05, 0) is 29.7 Å². The van der Waals surface area contributed by atoms with Crippen LogP contribution in [0.25, 0.3) is 0 Å². The van der Waals surface area contributed by atoms with Crippen molar-refractivity contribution in [1.29, 1.82) is 0 Å². The maximum absolute atomic E-state index is 4.24. The van der Waals surface area contributed by atoms with Crippen molar-refractivity contribution in [3.8, 4) is 0 Å². The van der Waals surface area contributed by atoms with E-state index in [1.165, 1.54) is 18.5 Å². The van der Waals surface area contributed by atoms with E-state index in [0.29, 0.717) is 0 Å². The van der Waals surface area contributed by atoms with E-state index >= 15 is 0 Å². The summed E-state index contributed by atoms with van der Waals surface area (Å²) in [5, 5.41) is 8.92. The molecule has 0 spiro atoms. The molecule has 1 aliphatic heterocycles. The Bertz CT molecular complexity index is 431. The van der Waals surface area contributed by atoms with E-state index < -0.39 is 0 Å². The van der Waals surface area contributed by atoms with Crippen LogP contribution in [0.4, 0.5) is 0 Å². The largest absolute Gasteiger partial charge is 0.356 e. The number of thioether (sulfide) groups is 1. The number of nitrogens with zero attached hydrogens (tertiary/aromatic N) is 2. The molecule has 4 nitrogen and oxygen atoms in total. The maximum atomic E-state index is 4.24. The quantitative estimate of drug-likeness (QED) is 0.476. The molecule has 0 bridgehead atoms. The predicted octanol–water partition coefficient (Wildman–Crippen LogP) is 1.63. The summed E-state index contributed by atoms with van der Waals surface area (Å²) in [5.41, 5.74) is 1.52. The summed E-state index contributed by atoms with van der Waals surface area (Å²) in [7, 11) is 1.83. The summed E-state index contributed by atoms with van der Waals surface area (Å²) in [6.07, 6.45) is 3.32. The molecule has 2 N–H and O–H groups in total. The molecule has 2 rings (SSSR count). The Morgan fingerprint density at radius 1 is 1.45 bits per heavy atom. The van der Waals surface area contributed by atoms with E-state index in [0.717, 1.165) is 37.9 Å². The highest BCUT2D eigenvalue weighted by atomic mass is 32.2. The third kappa shape index (κ3) is 4.68. The molecule has 6 heteroatoms. The number of thiophene rings is 1. The van der Waals surface area contributed by atoms with Crippen LogP contribution >= 0.6 is 23.1 Å². The molecule has 20 heavy (non-hydrogen) atoms. The summed E-state index contributed by atoms with van der Waals surface area (Å²) < 4.78 is 0. The first-order chi connectivity index (χ1) is 9.83. The Hall–Kier alpha value is -0.720. The van der Waals surface area contributed by atoms with Gasteiger partial charge in [-0.15, -0.1) is 11.3 Å². The highest BCUT2D eigenvalue weighted by Gasteiger charge is 2.16. The van der Waals surface area contributed by atoms with Crippen molar-refractivity contribution in [3.05, 3.63) is 21.9 Å². The van der Waals surface area contributed by atoms with Crippen LogP contribution in [0.3, 0.4) is 0 Å². The zero-order valence-corrected chi connectivity index (χ0v) is 13.9. The van der Waals surface area contributed by atoms with Crippen LogP contribution in [0, 0.1) is 0 Å². The van der Waals surface area contributed by atoms with Gasteiger partial charge in [0, 0.05) is 50.4 Å². The highest BCUT2D eigenvalue weighted by molar-refractivity contribution is 7.98. The average Bonchev–Trinajstić information content (AvgIpc) is 2.93. The standard InChI is InChI=1S/C14H24N4S2/c1-15-14(17-6-10-19-2)16-5-8-18-7-3-13-12(11-18)4-9-20-13/h4,9H,3,5-8,10-11H2,1-2H3,(H2,15,16,17). The van der Waals surface area contributed by atoms with Gasteiger partial charge in [0.1, 0.15) is 0 Å². The zero-order chi connectivity index (χ0) is 14.2. The van der Waals surface area contributed by atoms with Crippen LogP contribution in [0.15, 0.2) is 16.4 Å². The molecule has 0 unspecified atom stereocenters. The van der Waals surface area contributed by atoms with Gasteiger partial charge in [-0.25, -0.2) is 0 Å². The summed E-state index contributed by atoms with van der Waals surface area (Å²) in [6.45, 7) is 5.24. The molecule has 0 saturated heterocycles. The van der Waals surface area contributed by atoms with Gasteiger partial charge in [0.25, 0.3) is 0 Å². The van der Waals surface area contributed by atoms with Gasteiger partial charge in [-0.1, -0.05) is 0 Å². The lowest BCUT2D eigenvalue weighted by atomic mass is 10.1. The van der Waals surface area contributed by atoms with Gasteiger partial charge < -0.3 is 10.6 Å². The number of nitrogens with one attached hydrogen (secondary N) is 2. The van der Waals surface area contributed by atoms with E-state index in [1.807, 2.05) is 30.1 Å². The molecular formula is C14H24N4S2. The van der Waals surface area contributed by atoms with Gasteiger partial charge in [-0.3, -0.25) is 9.89 Å². The average molecular weight is 313 g/mol. The Morgan fingerprint density at radius 2 is 2.30 bits per heavy atom. The number of aliphatic imine (C=N–C) groups is 1. The predicted molar refractivity (Wildman–Crippen MR) is 91.0 cm³/mol. The Kier molecular flexibility index (Phi) is 6.69. The third-order valence-corrected chi connectivity index (χ3v) is 5.06. The summed E-state index contributed by atoms with van der Waals surface area (Å²) >= 11 is 3.74. The molecule has 0 aliphatic carbocycles. The fourth-order valence-corrected chi connectivity index (χ4v) is 3.52. The van der Waals surface area contributed by atoms with Gasteiger partial charge in [0.15, 0.2) is 5.96 Å². The van der Waals surface area contributed by atoms with Gasteiger partial charge in [-0.2, -0.15) is 11.8 Å². The van der Waals surface area contributed by atoms with Gasteiger partial charge in [0.05, 0.1) is 0 Å². The molecule has 0 saturated carbocycles. The van der Waals surface area contributed by atoms with Crippen molar-refractivity contribution >= 4 is 29.1 Å². The van der Waals surface area contributed by atoms with Crippen LogP contribution in [0.2, 0.25) is 0 Å². The minimum Gasteiger partial charge on any atom is -0.356 e. The number of guanidine groups is 1. The third-order valence-electron chi connectivity index (χ3n) is 3.43. The Morgan fingerprint density at radius 3 is 3.10 bits per heavy atom. The SMILES string of the molecule is CN=C(NCCSC)NCCN1CCc2sccc2C1. The second-order valence-electron chi connectivity index (χ2n) is 4.81. The Balaban J connectivity index is 1.66.